The van der Waals surface area contributed by atoms with Crippen LogP contribution in [-0.2, 0) is 6.54 Å². The van der Waals surface area contributed by atoms with Crippen LogP contribution in [0.25, 0.3) is 5.82 Å². The molecule has 1 aromatic carbocycles. The molecule has 4 rings (SSSR count). The van der Waals surface area contributed by atoms with E-state index in [2.05, 4.69) is 36.1 Å². The number of nitrogens with two attached hydrogens (primary N) is 1. The minimum atomic E-state index is -0.490. The Balaban J connectivity index is 1.52. The van der Waals surface area contributed by atoms with Crippen LogP contribution in [0.3, 0.4) is 0 Å². The van der Waals surface area contributed by atoms with Gasteiger partial charge in [0.05, 0.1) is 18.5 Å². The number of nitrogens with one attached hydrogen (secondary N) is 1. The first kappa shape index (κ1) is 23.4. The number of nitrogen functional groups attached to an aromatic ring is 1. The molecule has 2 heterocycles. The molecule has 1 amide bonds. The van der Waals surface area contributed by atoms with Crippen molar-refractivity contribution >= 4 is 17.9 Å². The average molecular weight is 468 g/mol. The van der Waals surface area contributed by atoms with Gasteiger partial charge in [0.15, 0.2) is 5.69 Å². The molecule has 1 aliphatic carbocycles. The lowest BCUT2D eigenvalue weighted by molar-refractivity contribution is 0.0947. The molecule has 0 aliphatic heterocycles. The summed E-state index contributed by atoms with van der Waals surface area (Å²) >= 11 is 0. The van der Waals surface area contributed by atoms with Crippen molar-refractivity contribution in [3.63, 3.8) is 0 Å². The van der Waals surface area contributed by atoms with Gasteiger partial charge in [-0.15, -0.1) is 5.10 Å². The number of anilines is 1. The Morgan fingerprint density at radius 2 is 2.06 bits per heavy atom. The van der Waals surface area contributed by atoms with E-state index in [1.165, 1.54) is 23.9 Å². The van der Waals surface area contributed by atoms with Gasteiger partial charge in [-0.2, -0.15) is 9.78 Å². The fraction of sp³-hybridized carbons (Fsp3) is 0.455. The smallest absolute Gasteiger partial charge is 0.293 e. The number of ether oxygens (including phenoxy) is 1. The molecule has 0 spiro atoms. The Morgan fingerprint density at radius 1 is 1.29 bits per heavy atom. The van der Waals surface area contributed by atoms with Crippen molar-refractivity contribution < 1.29 is 14.2 Å². The standard InChI is InChI=1S/C22H29N9O3/c1-3-33-17-11-9-15(10-12-17)13-24-26-22(32)19-18(14-30(2)16-7-5-4-6-8-16)31(29-25-19)21-20(23)27-34-28-21/h9-13,16H,3-8,14H2,1-2H3,(H2,23,27)(H,26,32)/b24-13-. The number of benzene rings is 1. The summed E-state index contributed by atoms with van der Waals surface area (Å²) in [6, 6.07) is 7.80. The lowest BCUT2D eigenvalue weighted by Crippen LogP contribution is -2.34. The fourth-order valence-electron chi connectivity index (χ4n) is 4.05. The summed E-state index contributed by atoms with van der Waals surface area (Å²) in [5, 5.41) is 19.7. The van der Waals surface area contributed by atoms with E-state index < -0.39 is 5.91 Å². The molecule has 34 heavy (non-hydrogen) atoms. The van der Waals surface area contributed by atoms with Crippen LogP contribution < -0.4 is 15.9 Å². The van der Waals surface area contributed by atoms with Crippen molar-refractivity contribution in [2.75, 3.05) is 19.4 Å². The van der Waals surface area contributed by atoms with Gasteiger partial charge >= 0.3 is 0 Å². The van der Waals surface area contributed by atoms with Crippen LogP contribution in [0.15, 0.2) is 34.0 Å². The SMILES string of the molecule is CCOc1ccc(/C=N\NC(=O)c2nnn(-c3nonc3N)c2CN(C)C2CCCCC2)cc1. The summed E-state index contributed by atoms with van der Waals surface area (Å²) in [5.74, 6) is 0.535. The van der Waals surface area contributed by atoms with Gasteiger partial charge < -0.3 is 10.5 Å². The summed E-state index contributed by atoms with van der Waals surface area (Å²) < 4.78 is 11.6. The van der Waals surface area contributed by atoms with Gasteiger partial charge in [0.2, 0.25) is 11.6 Å². The lowest BCUT2D eigenvalue weighted by Gasteiger charge is -2.31. The van der Waals surface area contributed by atoms with E-state index in [0.29, 0.717) is 24.9 Å². The molecule has 0 unspecified atom stereocenters. The largest absolute Gasteiger partial charge is 0.494 e. The van der Waals surface area contributed by atoms with Crippen molar-refractivity contribution in [1.82, 2.24) is 35.6 Å². The molecule has 0 bridgehead atoms. The summed E-state index contributed by atoms with van der Waals surface area (Å²) in [6.45, 7) is 2.95. The third-order valence-corrected chi connectivity index (χ3v) is 5.84. The molecule has 0 saturated heterocycles. The van der Waals surface area contributed by atoms with E-state index >= 15 is 0 Å². The number of nitrogens with zero attached hydrogens (tertiary/aromatic N) is 7. The highest BCUT2D eigenvalue weighted by atomic mass is 16.6. The van der Waals surface area contributed by atoms with Gasteiger partial charge in [-0.25, -0.2) is 10.1 Å². The zero-order valence-electron chi connectivity index (χ0n) is 19.3. The average Bonchev–Trinajstić information content (AvgIpc) is 3.46. The number of hydrogen-bond acceptors (Lipinski definition) is 10. The predicted octanol–water partition coefficient (Wildman–Crippen LogP) is 2.16. The summed E-state index contributed by atoms with van der Waals surface area (Å²) in [4.78, 5) is 15.2. The van der Waals surface area contributed by atoms with Crippen LogP contribution in [0.5, 0.6) is 5.75 Å². The third-order valence-electron chi connectivity index (χ3n) is 5.84. The van der Waals surface area contributed by atoms with E-state index in [9.17, 15) is 4.79 Å². The lowest BCUT2D eigenvalue weighted by atomic mass is 9.94. The molecule has 3 N–H and O–H groups in total. The Hall–Kier alpha value is -3.80. The van der Waals surface area contributed by atoms with E-state index in [-0.39, 0.29) is 17.3 Å². The van der Waals surface area contributed by atoms with Crippen LogP contribution in [0.1, 0.15) is 60.8 Å². The highest BCUT2D eigenvalue weighted by Crippen LogP contribution is 2.24. The normalized spacial score (nSPS) is 14.7. The van der Waals surface area contributed by atoms with Crippen molar-refractivity contribution in [1.29, 1.82) is 0 Å². The molecule has 2 aromatic heterocycles. The van der Waals surface area contributed by atoms with Crippen molar-refractivity contribution in [3.8, 4) is 11.6 Å². The topological polar surface area (TPSA) is 150 Å². The van der Waals surface area contributed by atoms with Gasteiger partial charge in [0, 0.05) is 12.6 Å². The Kier molecular flexibility index (Phi) is 7.48. The van der Waals surface area contributed by atoms with E-state index in [1.54, 1.807) is 6.21 Å². The number of aromatic nitrogens is 5. The second-order valence-electron chi connectivity index (χ2n) is 8.18. The maximum Gasteiger partial charge on any atom is 0.293 e. The summed E-state index contributed by atoms with van der Waals surface area (Å²) in [6.07, 6.45) is 7.41. The van der Waals surface area contributed by atoms with Gasteiger partial charge in [-0.3, -0.25) is 9.69 Å². The van der Waals surface area contributed by atoms with Crippen molar-refractivity contribution in [2.24, 2.45) is 5.10 Å². The second kappa shape index (κ2) is 10.9. The molecule has 180 valence electrons. The van der Waals surface area contributed by atoms with E-state index in [4.69, 9.17) is 15.1 Å². The van der Waals surface area contributed by atoms with Gasteiger partial charge in [-0.05, 0) is 67.0 Å². The van der Waals surface area contributed by atoms with Crippen molar-refractivity contribution in [3.05, 3.63) is 41.2 Å². The zero-order chi connectivity index (χ0) is 23.9. The molecule has 1 fully saturated rings. The highest BCUT2D eigenvalue weighted by Gasteiger charge is 2.27. The number of carbonyl (C=O) groups is 1. The molecule has 3 aromatic rings. The number of hydrogen-bond donors (Lipinski definition) is 2. The third kappa shape index (κ3) is 5.39. The molecular formula is C22H29N9O3. The molecule has 1 aliphatic rings. The minimum absolute atomic E-state index is 0.0620. The number of hydrazone groups is 1. The monoisotopic (exact) mass is 467 g/mol. The van der Waals surface area contributed by atoms with Gasteiger partial charge in [0.25, 0.3) is 5.91 Å². The minimum Gasteiger partial charge on any atom is -0.494 e. The fourth-order valence-corrected chi connectivity index (χ4v) is 4.05. The Morgan fingerprint density at radius 3 is 2.74 bits per heavy atom. The molecule has 12 heteroatoms. The maximum atomic E-state index is 13.0. The molecular weight excluding hydrogens is 438 g/mol. The highest BCUT2D eigenvalue weighted by molar-refractivity contribution is 5.94. The Labute approximate surface area is 197 Å². The molecule has 12 nitrogen and oxygen atoms in total. The maximum absolute atomic E-state index is 13.0. The first-order valence-electron chi connectivity index (χ1n) is 11.4. The van der Waals surface area contributed by atoms with Gasteiger partial charge in [0.1, 0.15) is 5.75 Å². The van der Waals surface area contributed by atoms with Crippen LogP contribution in [0, 0.1) is 0 Å². The zero-order valence-corrected chi connectivity index (χ0v) is 19.3. The predicted molar refractivity (Wildman–Crippen MR) is 125 cm³/mol. The molecule has 1 saturated carbocycles. The van der Waals surface area contributed by atoms with Crippen LogP contribution >= 0.6 is 0 Å². The number of rotatable bonds is 9. The number of amides is 1. The first-order valence-corrected chi connectivity index (χ1v) is 11.4. The van der Waals surface area contributed by atoms with Crippen LogP contribution in [0.2, 0.25) is 0 Å². The Bertz CT molecular complexity index is 1120. The first-order chi connectivity index (χ1) is 16.6. The quantitative estimate of drug-likeness (QED) is 0.356. The van der Waals surface area contributed by atoms with E-state index in [1.807, 2.05) is 38.2 Å². The molecule has 0 radical (unpaired) electrons. The van der Waals surface area contributed by atoms with Crippen LogP contribution in [-0.4, -0.2) is 62.0 Å². The molecule has 0 atom stereocenters. The summed E-state index contributed by atoms with van der Waals surface area (Å²) in [5.41, 5.74) is 9.88. The number of carbonyl (C=O) groups excluding carboxylic acids is 1. The summed E-state index contributed by atoms with van der Waals surface area (Å²) in [7, 11) is 2.03. The van der Waals surface area contributed by atoms with Crippen molar-refractivity contribution in [2.45, 2.75) is 51.6 Å². The van der Waals surface area contributed by atoms with Gasteiger partial charge in [-0.1, -0.05) is 24.5 Å². The van der Waals surface area contributed by atoms with E-state index in [0.717, 1.165) is 24.2 Å². The van der Waals surface area contributed by atoms with Crippen LogP contribution in [0.4, 0.5) is 5.82 Å². The second-order valence-corrected chi connectivity index (χ2v) is 8.18.